The fourth-order valence-corrected chi connectivity index (χ4v) is 1.83. The molecular formula is C9H12ClN3. The van der Waals surface area contributed by atoms with E-state index in [2.05, 4.69) is 9.88 Å². The Morgan fingerprint density at radius 2 is 2.31 bits per heavy atom. The number of nitrogens with zero attached hydrogens (tertiary/aromatic N) is 2. The van der Waals surface area contributed by atoms with Crippen LogP contribution >= 0.6 is 11.6 Å². The van der Waals surface area contributed by atoms with Crippen molar-refractivity contribution >= 4 is 17.4 Å². The molecule has 1 fully saturated rings. The lowest BCUT2D eigenvalue weighted by Crippen LogP contribution is -2.65. The number of halogens is 1. The van der Waals surface area contributed by atoms with Crippen LogP contribution < -0.4 is 10.6 Å². The molecule has 1 aliphatic heterocycles. The molecule has 0 aromatic carbocycles. The molecule has 70 valence electrons. The van der Waals surface area contributed by atoms with Crippen molar-refractivity contribution in [1.29, 1.82) is 0 Å². The Bertz CT molecular complexity index is 316. The number of aromatic nitrogens is 1. The van der Waals surface area contributed by atoms with E-state index in [0.717, 1.165) is 18.9 Å². The van der Waals surface area contributed by atoms with Gasteiger partial charge in [-0.2, -0.15) is 0 Å². The normalized spacial score (nSPS) is 19.8. The van der Waals surface area contributed by atoms with Crippen molar-refractivity contribution in [2.45, 2.75) is 12.5 Å². The van der Waals surface area contributed by atoms with Crippen LogP contribution in [0.2, 0.25) is 5.02 Å². The minimum Gasteiger partial charge on any atom is -0.352 e. The summed E-state index contributed by atoms with van der Waals surface area (Å²) >= 11 is 5.98. The summed E-state index contributed by atoms with van der Waals surface area (Å²) in [4.78, 5) is 6.29. The van der Waals surface area contributed by atoms with Crippen molar-refractivity contribution in [1.82, 2.24) is 4.98 Å². The van der Waals surface area contributed by atoms with Crippen LogP contribution in [0.15, 0.2) is 18.3 Å². The second kappa shape index (κ2) is 2.86. The Hall–Kier alpha value is -0.800. The molecule has 1 aliphatic rings. The Labute approximate surface area is 82.5 Å². The summed E-state index contributed by atoms with van der Waals surface area (Å²) in [6.45, 7) is 3.67. The fourth-order valence-electron chi connectivity index (χ4n) is 1.59. The molecule has 0 atom stereocenters. The van der Waals surface area contributed by atoms with Gasteiger partial charge < -0.3 is 10.6 Å². The van der Waals surface area contributed by atoms with Gasteiger partial charge in [0.05, 0.1) is 5.02 Å². The Morgan fingerprint density at radius 1 is 1.62 bits per heavy atom. The van der Waals surface area contributed by atoms with Crippen LogP contribution in [-0.2, 0) is 0 Å². The van der Waals surface area contributed by atoms with Gasteiger partial charge in [-0.1, -0.05) is 11.6 Å². The monoisotopic (exact) mass is 197 g/mol. The van der Waals surface area contributed by atoms with Gasteiger partial charge in [-0.15, -0.1) is 0 Å². The number of rotatable bonds is 1. The topological polar surface area (TPSA) is 42.1 Å². The number of pyridine rings is 1. The molecule has 2 heterocycles. The second-order valence-electron chi connectivity index (χ2n) is 3.82. The average molecular weight is 198 g/mol. The molecule has 2 N–H and O–H groups in total. The van der Waals surface area contributed by atoms with Crippen LogP contribution in [0, 0.1) is 0 Å². The van der Waals surface area contributed by atoms with E-state index in [1.807, 2.05) is 19.1 Å². The quantitative estimate of drug-likeness (QED) is 0.738. The van der Waals surface area contributed by atoms with Gasteiger partial charge in [-0.25, -0.2) is 4.98 Å². The highest BCUT2D eigenvalue weighted by Crippen LogP contribution is 2.29. The number of hydrogen-bond donors (Lipinski definition) is 1. The van der Waals surface area contributed by atoms with Crippen molar-refractivity contribution in [2.75, 3.05) is 18.0 Å². The molecule has 1 aromatic heterocycles. The van der Waals surface area contributed by atoms with Gasteiger partial charge in [0.25, 0.3) is 0 Å². The maximum Gasteiger partial charge on any atom is 0.147 e. The first-order chi connectivity index (χ1) is 6.08. The SMILES string of the molecule is CC1(N)CN(c2ncccc2Cl)C1. The lowest BCUT2D eigenvalue weighted by molar-refractivity contribution is 0.363. The number of nitrogens with two attached hydrogens (primary N) is 1. The summed E-state index contributed by atoms with van der Waals surface area (Å²) in [7, 11) is 0. The van der Waals surface area contributed by atoms with Gasteiger partial charge >= 0.3 is 0 Å². The third-order valence-electron chi connectivity index (χ3n) is 2.14. The van der Waals surface area contributed by atoms with Gasteiger partial charge in [-0.3, -0.25) is 0 Å². The summed E-state index contributed by atoms with van der Waals surface area (Å²) in [5.41, 5.74) is 5.80. The van der Waals surface area contributed by atoms with E-state index >= 15 is 0 Å². The summed E-state index contributed by atoms with van der Waals surface area (Å²) < 4.78 is 0. The minimum absolute atomic E-state index is 0.0825. The first-order valence-electron chi connectivity index (χ1n) is 4.23. The summed E-state index contributed by atoms with van der Waals surface area (Å²) in [6.07, 6.45) is 1.74. The van der Waals surface area contributed by atoms with Crippen LogP contribution in [0.3, 0.4) is 0 Å². The molecule has 0 saturated carbocycles. The number of hydrogen-bond acceptors (Lipinski definition) is 3. The zero-order valence-corrected chi connectivity index (χ0v) is 8.25. The molecule has 4 heteroatoms. The summed E-state index contributed by atoms with van der Waals surface area (Å²) in [6, 6.07) is 3.67. The van der Waals surface area contributed by atoms with Gasteiger partial charge in [0.2, 0.25) is 0 Å². The summed E-state index contributed by atoms with van der Waals surface area (Å²) in [5.74, 6) is 0.840. The first kappa shape index (κ1) is 8.78. The number of anilines is 1. The third-order valence-corrected chi connectivity index (χ3v) is 2.44. The zero-order valence-electron chi connectivity index (χ0n) is 7.50. The highest BCUT2D eigenvalue weighted by Gasteiger charge is 2.36. The first-order valence-corrected chi connectivity index (χ1v) is 4.61. The average Bonchev–Trinajstić information content (AvgIpc) is 2.01. The van der Waals surface area contributed by atoms with E-state index < -0.39 is 0 Å². The third kappa shape index (κ3) is 1.62. The lowest BCUT2D eigenvalue weighted by Gasteiger charge is -2.46. The van der Waals surface area contributed by atoms with E-state index in [4.69, 9.17) is 17.3 Å². The van der Waals surface area contributed by atoms with E-state index in [0.29, 0.717) is 5.02 Å². The largest absolute Gasteiger partial charge is 0.352 e. The molecule has 1 saturated heterocycles. The van der Waals surface area contributed by atoms with Crippen LogP contribution in [0.4, 0.5) is 5.82 Å². The lowest BCUT2D eigenvalue weighted by atomic mass is 9.94. The molecule has 0 bridgehead atoms. The molecule has 2 rings (SSSR count). The predicted molar refractivity (Wildman–Crippen MR) is 54.1 cm³/mol. The molecule has 0 unspecified atom stereocenters. The minimum atomic E-state index is -0.0825. The van der Waals surface area contributed by atoms with Gasteiger partial charge in [0, 0.05) is 24.8 Å². The zero-order chi connectivity index (χ0) is 9.47. The molecule has 0 spiro atoms. The smallest absolute Gasteiger partial charge is 0.147 e. The predicted octanol–water partition coefficient (Wildman–Crippen LogP) is 1.27. The van der Waals surface area contributed by atoms with Crippen LogP contribution in [0.5, 0.6) is 0 Å². The molecule has 0 radical (unpaired) electrons. The molecule has 1 aromatic rings. The Balaban J connectivity index is 2.16. The van der Waals surface area contributed by atoms with Crippen molar-refractivity contribution in [3.63, 3.8) is 0 Å². The second-order valence-corrected chi connectivity index (χ2v) is 4.23. The van der Waals surface area contributed by atoms with Crippen LogP contribution in [-0.4, -0.2) is 23.6 Å². The fraction of sp³-hybridized carbons (Fsp3) is 0.444. The van der Waals surface area contributed by atoms with E-state index in [9.17, 15) is 0 Å². The highest BCUT2D eigenvalue weighted by molar-refractivity contribution is 6.32. The van der Waals surface area contributed by atoms with Crippen molar-refractivity contribution in [2.24, 2.45) is 5.73 Å². The molecular weight excluding hydrogens is 186 g/mol. The molecule has 3 nitrogen and oxygen atoms in total. The van der Waals surface area contributed by atoms with E-state index in [-0.39, 0.29) is 5.54 Å². The maximum atomic E-state index is 5.98. The Kier molecular flexibility index (Phi) is 1.93. The van der Waals surface area contributed by atoms with Gasteiger partial charge in [0.15, 0.2) is 0 Å². The molecule has 0 amide bonds. The van der Waals surface area contributed by atoms with E-state index in [1.54, 1.807) is 6.20 Å². The van der Waals surface area contributed by atoms with E-state index in [1.165, 1.54) is 0 Å². The Morgan fingerprint density at radius 3 is 2.85 bits per heavy atom. The molecule has 0 aliphatic carbocycles. The van der Waals surface area contributed by atoms with Gasteiger partial charge in [-0.05, 0) is 19.1 Å². The van der Waals surface area contributed by atoms with Crippen molar-refractivity contribution in [3.8, 4) is 0 Å². The van der Waals surface area contributed by atoms with Gasteiger partial charge in [0.1, 0.15) is 5.82 Å². The molecule has 13 heavy (non-hydrogen) atoms. The standard InChI is InChI=1S/C9H12ClN3/c1-9(11)5-13(6-9)8-7(10)3-2-4-12-8/h2-4H,5-6,11H2,1H3. The van der Waals surface area contributed by atoms with Crippen LogP contribution in [0.1, 0.15) is 6.92 Å². The maximum absolute atomic E-state index is 5.98. The van der Waals surface area contributed by atoms with Crippen molar-refractivity contribution < 1.29 is 0 Å². The summed E-state index contributed by atoms with van der Waals surface area (Å²) in [5, 5.41) is 0.693. The van der Waals surface area contributed by atoms with Crippen LogP contribution in [0.25, 0.3) is 0 Å². The van der Waals surface area contributed by atoms with Crippen molar-refractivity contribution in [3.05, 3.63) is 23.4 Å². The highest BCUT2D eigenvalue weighted by atomic mass is 35.5.